The summed E-state index contributed by atoms with van der Waals surface area (Å²) in [5.41, 5.74) is 8.45. The number of rotatable bonds is 5. The second kappa shape index (κ2) is 6.59. The average Bonchev–Trinajstić information content (AvgIpc) is 2.48. The van der Waals surface area contributed by atoms with Crippen LogP contribution in [0.2, 0.25) is 0 Å². The van der Waals surface area contributed by atoms with Gasteiger partial charge < -0.3 is 0 Å². The lowest BCUT2D eigenvalue weighted by atomic mass is 9.97. The highest BCUT2D eigenvalue weighted by Crippen LogP contribution is 2.20. The van der Waals surface area contributed by atoms with Crippen LogP contribution in [0.15, 0.2) is 30.3 Å². The van der Waals surface area contributed by atoms with Crippen molar-refractivity contribution in [3.8, 4) is 0 Å². The normalized spacial score (nSPS) is 12.4. The highest BCUT2D eigenvalue weighted by Gasteiger charge is 2.14. The second-order valence-electron chi connectivity index (χ2n) is 5.12. The number of benzene rings is 1. The van der Waals surface area contributed by atoms with E-state index in [1.807, 2.05) is 19.9 Å². The first-order valence-electron chi connectivity index (χ1n) is 6.98. The lowest BCUT2D eigenvalue weighted by Gasteiger charge is -2.18. The minimum Gasteiger partial charge on any atom is -0.271 e. The number of hydrogen-bond acceptors (Lipinski definition) is 4. The van der Waals surface area contributed by atoms with Crippen LogP contribution in [-0.2, 0) is 12.8 Å². The van der Waals surface area contributed by atoms with Gasteiger partial charge in [-0.25, -0.2) is 0 Å². The summed E-state index contributed by atoms with van der Waals surface area (Å²) in [5.74, 6) is 5.73. The maximum Gasteiger partial charge on any atom is 0.0648 e. The molecule has 0 radical (unpaired) electrons. The quantitative estimate of drug-likeness (QED) is 0.647. The van der Waals surface area contributed by atoms with E-state index in [4.69, 9.17) is 5.84 Å². The standard InChI is InChI=1S/C16H22N4/c1-4-13-5-7-14(8-6-13)10-16(18-17)15-9-11(2)19-20-12(15)3/h5-9,16,18H,4,10,17H2,1-3H3. The predicted octanol–water partition coefficient (Wildman–Crippen LogP) is 2.40. The van der Waals surface area contributed by atoms with Gasteiger partial charge in [0.25, 0.3) is 0 Å². The lowest BCUT2D eigenvalue weighted by Crippen LogP contribution is -2.30. The number of hydrogen-bond donors (Lipinski definition) is 2. The third-order valence-corrected chi connectivity index (χ3v) is 3.59. The minimum absolute atomic E-state index is 0.0525. The fourth-order valence-electron chi connectivity index (χ4n) is 2.33. The number of hydrazine groups is 1. The Morgan fingerprint density at radius 3 is 2.35 bits per heavy atom. The van der Waals surface area contributed by atoms with Crippen LogP contribution < -0.4 is 11.3 Å². The molecule has 106 valence electrons. The van der Waals surface area contributed by atoms with Gasteiger partial charge in [-0.1, -0.05) is 31.2 Å². The SMILES string of the molecule is CCc1ccc(CC(NN)c2cc(C)nnc2C)cc1. The Hall–Kier alpha value is -1.78. The van der Waals surface area contributed by atoms with Crippen molar-refractivity contribution < 1.29 is 0 Å². The summed E-state index contributed by atoms with van der Waals surface area (Å²) < 4.78 is 0. The molecule has 4 heteroatoms. The van der Waals surface area contributed by atoms with Crippen LogP contribution in [0.1, 0.15) is 41.0 Å². The summed E-state index contributed by atoms with van der Waals surface area (Å²) in [6, 6.07) is 10.8. The molecule has 1 aromatic carbocycles. The molecular formula is C16H22N4. The molecule has 0 saturated heterocycles. The molecule has 3 N–H and O–H groups in total. The van der Waals surface area contributed by atoms with Gasteiger partial charge >= 0.3 is 0 Å². The molecule has 4 nitrogen and oxygen atoms in total. The molecule has 0 fully saturated rings. The summed E-state index contributed by atoms with van der Waals surface area (Å²) in [6.07, 6.45) is 1.90. The molecule has 1 atom stereocenters. The van der Waals surface area contributed by atoms with E-state index in [1.54, 1.807) is 0 Å². The molecule has 1 unspecified atom stereocenters. The van der Waals surface area contributed by atoms with E-state index in [0.29, 0.717) is 0 Å². The fourth-order valence-corrected chi connectivity index (χ4v) is 2.33. The maximum absolute atomic E-state index is 5.73. The summed E-state index contributed by atoms with van der Waals surface area (Å²) in [6.45, 7) is 6.07. The van der Waals surface area contributed by atoms with Gasteiger partial charge in [0, 0.05) is 0 Å². The van der Waals surface area contributed by atoms with Crippen molar-refractivity contribution in [3.63, 3.8) is 0 Å². The Balaban J connectivity index is 2.21. The average molecular weight is 270 g/mol. The summed E-state index contributed by atoms with van der Waals surface area (Å²) in [4.78, 5) is 0. The molecule has 0 saturated carbocycles. The largest absolute Gasteiger partial charge is 0.271 e. The number of nitrogens with one attached hydrogen (secondary N) is 1. The first-order chi connectivity index (χ1) is 9.63. The zero-order chi connectivity index (χ0) is 14.5. The van der Waals surface area contributed by atoms with Gasteiger partial charge in [-0.3, -0.25) is 11.3 Å². The molecule has 1 heterocycles. The molecule has 1 aromatic heterocycles. The van der Waals surface area contributed by atoms with Crippen LogP contribution in [0.25, 0.3) is 0 Å². The van der Waals surface area contributed by atoms with Crippen molar-refractivity contribution in [2.24, 2.45) is 5.84 Å². The third kappa shape index (κ3) is 3.40. The molecule has 0 spiro atoms. The molecule has 2 rings (SSSR count). The van der Waals surface area contributed by atoms with Crippen LogP contribution in [0.3, 0.4) is 0 Å². The highest BCUT2D eigenvalue weighted by atomic mass is 15.2. The van der Waals surface area contributed by atoms with Gasteiger partial charge in [0.1, 0.15) is 0 Å². The van der Waals surface area contributed by atoms with Crippen LogP contribution in [0.4, 0.5) is 0 Å². The Bertz CT molecular complexity index is 563. The molecule has 2 aromatic rings. The van der Waals surface area contributed by atoms with Crippen molar-refractivity contribution in [2.45, 2.75) is 39.7 Å². The van der Waals surface area contributed by atoms with E-state index in [1.165, 1.54) is 11.1 Å². The molecule has 0 aliphatic rings. The number of nitrogens with two attached hydrogens (primary N) is 1. The zero-order valence-corrected chi connectivity index (χ0v) is 12.4. The Morgan fingerprint density at radius 2 is 1.75 bits per heavy atom. The molecule has 0 aliphatic heterocycles. The van der Waals surface area contributed by atoms with Gasteiger partial charge in [0.15, 0.2) is 0 Å². The van der Waals surface area contributed by atoms with Crippen molar-refractivity contribution in [2.75, 3.05) is 0 Å². The summed E-state index contributed by atoms with van der Waals surface area (Å²) >= 11 is 0. The Morgan fingerprint density at radius 1 is 1.10 bits per heavy atom. The van der Waals surface area contributed by atoms with E-state index in [9.17, 15) is 0 Å². The van der Waals surface area contributed by atoms with Crippen molar-refractivity contribution in [1.29, 1.82) is 0 Å². The van der Waals surface area contributed by atoms with Crippen molar-refractivity contribution in [3.05, 3.63) is 58.4 Å². The molecule has 0 aliphatic carbocycles. The van der Waals surface area contributed by atoms with Gasteiger partial charge in [-0.2, -0.15) is 10.2 Å². The number of aryl methyl sites for hydroxylation is 3. The topological polar surface area (TPSA) is 63.8 Å². The van der Waals surface area contributed by atoms with Crippen LogP contribution in [-0.4, -0.2) is 10.2 Å². The maximum atomic E-state index is 5.73. The van der Waals surface area contributed by atoms with Crippen LogP contribution in [0.5, 0.6) is 0 Å². The molecule has 0 amide bonds. The Labute approximate surface area is 120 Å². The van der Waals surface area contributed by atoms with Crippen LogP contribution >= 0.6 is 0 Å². The van der Waals surface area contributed by atoms with E-state index in [2.05, 4.69) is 46.8 Å². The molecule has 20 heavy (non-hydrogen) atoms. The smallest absolute Gasteiger partial charge is 0.0648 e. The monoisotopic (exact) mass is 270 g/mol. The van der Waals surface area contributed by atoms with Gasteiger partial charge in [-0.15, -0.1) is 0 Å². The highest BCUT2D eigenvalue weighted by molar-refractivity contribution is 5.28. The first-order valence-corrected chi connectivity index (χ1v) is 6.98. The lowest BCUT2D eigenvalue weighted by molar-refractivity contribution is 0.544. The zero-order valence-electron chi connectivity index (χ0n) is 12.4. The van der Waals surface area contributed by atoms with Gasteiger partial charge in [0.05, 0.1) is 17.4 Å². The van der Waals surface area contributed by atoms with Crippen molar-refractivity contribution in [1.82, 2.24) is 15.6 Å². The van der Waals surface area contributed by atoms with E-state index in [0.717, 1.165) is 29.8 Å². The predicted molar refractivity (Wildman–Crippen MR) is 81.1 cm³/mol. The number of aromatic nitrogens is 2. The van der Waals surface area contributed by atoms with Gasteiger partial charge in [-0.05, 0) is 49.4 Å². The minimum atomic E-state index is 0.0525. The van der Waals surface area contributed by atoms with Crippen LogP contribution in [0, 0.1) is 13.8 Å². The molecular weight excluding hydrogens is 248 g/mol. The second-order valence-corrected chi connectivity index (χ2v) is 5.12. The van der Waals surface area contributed by atoms with E-state index >= 15 is 0 Å². The van der Waals surface area contributed by atoms with Gasteiger partial charge in [0.2, 0.25) is 0 Å². The summed E-state index contributed by atoms with van der Waals surface area (Å²) in [7, 11) is 0. The third-order valence-electron chi connectivity index (χ3n) is 3.59. The summed E-state index contributed by atoms with van der Waals surface area (Å²) in [5, 5.41) is 8.24. The Kier molecular flexibility index (Phi) is 4.82. The van der Waals surface area contributed by atoms with E-state index < -0.39 is 0 Å². The van der Waals surface area contributed by atoms with E-state index in [-0.39, 0.29) is 6.04 Å². The van der Waals surface area contributed by atoms with Crippen molar-refractivity contribution >= 4 is 0 Å². The number of nitrogens with zero attached hydrogens (tertiary/aromatic N) is 2. The first kappa shape index (κ1) is 14.6. The molecule has 0 bridgehead atoms. The fraction of sp³-hybridized carbons (Fsp3) is 0.375.